The number of carbonyl (C=O) groups excluding carboxylic acids is 1. The highest BCUT2D eigenvalue weighted by Gasteiger charge is 2.12. The number of anilines is 1. The molecule has 0 N–H and O–H groups in total. The van der Waals surface area contributed by atoms with Gasteiger partial charge in [-0.2, -0.15) is 0 Å². The van der Waals surface area contributed by atoms with Gasteiger partial charge < -0.3 is 14.1 Å². The third-order valence-corrected chi connectivity index (χ3v) is 3.80. The molecule has 2 heterocycles. The van der Waals surface area contributed by atoms with E-state index in [1.54, 1.807) is 6.26 Å². The van der Waals surface area contributed by atoms with E-state index in [0.29, 0.717) is 0 Å². The van der Waals surface area contributed by atoms with Gasteiger partial charge in [-0.1, -0.05) is 0 Å². The second kappa shape index (κ2) is 5.88. The van der Waals surface area contributed by atoms with Crippen LogP contribution in [0.5, 0.6) is 0 Å². The molecular weight excluding hydrogens is 264 g/mol. The highest BCUT2D eigenvalue weighted by Crippen LogP contribution is 2.22. The molecule has 102 valence electrons. The topological polar surface area (TPSA) is 55.6 Å². The van der Waals surface area contributed by atoms with Crippen molar-refractivity contribution in [2.24, 2.45) is 0 Å². The van der Waals surface area contributed by atoms with E-state index in [1.807, 2.05) is 30.3 Å². The summed E-state index contributed by atoms with van der Waals surface area (Å²) < 4.78 is 9.89. The summed E-state index contributed by atoms with van der Waals surface area (Å²) >= 11 is 1.51. The fourth-order valence-corrected chi connectivity index (χ4v) is 2.46. The molecule has 0 aliphatic carbocycles. The Balaban J connectivity index is 2.02. The van der Waals surface area contributed by atoms with Gasteiger partial charge in [0, 0.05) is 24.5 Å². The van der Waals surface area contributed by atoms with Gasteiger partial charge in [-0.25, -0.2) is 4.98 Å². The zero-order chi connectivity index (χ0) is 13.8. The number of carbonyl (C=O) groups is 1. The summed E-state index contributed by atoms with van der Waals surface area (Å²) in [5.41, 5.74) is 1.87. The van der Waals surface area contributed by atoms with Gasteiger partial charge in [0.15, 0.2) is 5.13 Å². The molecule has 0 amide bonds. The van der Waals surface area contributed by atoms with Crippen molar-refractivity contribution in [2.45, 2.75) is 19.9 Å². The maximum absolute atomic E-state index is 11.2. The van der Waals surface area contributed by atoms with Crippen LogP contribution in [0.25, 0.3) is 0 Å². The molecule has 2 aromatic heterocycles. The molecule has 0 atom stereocenters. The lowest BCUT2D eigenvalue weighted by atomic mass is 10.2. The molecule has 0 saturated heterocycles. The largest absolute Gasteiger partial charge is 0.469 e. The molecule has 0 bridgehead atoms. The average molecular weight is 280 g/mol. The van der Waals surface area contributed by atoms with Crippen LogP contribution in [0.3, 0.4) is 0 Å². The molecule has 0 saturated carbocycles. The Hall–Kier alpha value is -1.82. The number of thiazole rings is 1. The van der Waals surface area contributed by atoms with E-state index in [2.05, 4.69) is 9.72 Å². The van der Waals surface area contributed by atoms with E-state index < -0.39 is 0 Å². The fourth-order valence-electron chi connectivity index (χ4n) is 1.67. The Bertz CT molecular complexity index is 562. The Morgan fingerprint density at radius 3 is 3.00 bits per heavy atom. The van der Waals surface area contributed by atoms with Crippen LogP contribution >= 0.6 is 11.3 Å². The smallest absolute Gasteiger partial charge is 0.311 e. The van der Waals surface area contributed by atoms with E-state index >= 15 is 0 Å². The molecular formula is C13H16N2O3S. The molecule has 19 heavy (non-hydrogen) atoms. The van der Waals surface area contributed by atoms with Gasteiger partial charge in [-0.05, 0) is 13.0 Å². The number of aryl methyl sites for hydroxylation is 1. The van der Waals surface area contributed by atoms with Crippen molar-refractivity contribution < 1.29 is 13.9 Å². The number of methoxy groups -OCH3 is 1. The lowest BCUT2D eigenvalue weighted by Crippen LogP contribution is -2.16. The Morgan fingerprint density at radius 1 is 1.58 bits per heavy atom. The Labute approximate surface area is 115 Å². The van der Waals surface area contributed by atoms with Crippen LogP contribution in [-0.4, -0.2) is 25.1 Å². The molecule has 2 rings (SSSR count). The molecule has 2 aromatic rings. The van der Waals surface area contributed by atoms with Crippen LogP contribution < -0.4 is 4.90 Å². The van der Waals surface area contributed by atoms with Gasteiger partial charge in [-0.3, -0.25) is 4.79 Å². The van der Waals surface area contributed by atoms with E-state index in [-0.39, 0.29) is 12.4 Å². The predicted molar refractivity (Wildman–Crippen MR) is 73.4 cm³/mol. The number of rotatable bonds is 5. The number of hydrogen-bond acceptors (Lipinski definition) is 6. The first-order valence-corrected chi connectivity index (χ1v) is 6.73. The average Bonchev–Trinajstić information content (AvgIpc) is 2.99. The highest BCUT2D eigenvalue weighted by atomic mass is 32.1. The molecule has 0 unspecified atom stereocenters. The number of aromatic nitrogens is 1. The lowest BCUT2D eigenvalue weighted by Gasteiger charge is -2.14. The first-order valence-electron chi connectivity index (χ1n) is 5.85. The second-order valence-electron chi connectivity index (χ2n) is 4.23. The van der Waals surface area contributed by atoms with Crippen molar-refractivity contribution in [1.29, 1.82) is 0 Å². The van der Waals surface area contributed by atoms with Crippen molar-refractivity contribution in [3.8, 4) is 0 Å². The maximum atomic E-state index is 11.2. The standard InChI is InChI=1S/C13H16N2O3S/c1-9-10(4-5-18-9)7-15(2)13-14-11(8-19-13)6-12(16)17-3/h4-5,8H,6-7H2,1-3H3. The Morgan fingerprint density at radius 2 is 2.37 bits per heavy atom. The summed E-state index contributed by atoms with van der Waals surface area (Å²) in [6, 6.07) is 1.95. The summed E-state index contributed by atoms with van der Waals surface area (Å²) in [6.45, 7) is 2.67. The van der Waals surface area contributed by atoms with Crippen molar-refractivity contribution in [1.82, 2.24) is 4.98 Å². The molecule has 6 heteroatoms. The number of hydrogen-bond donors (Lipinski definition) is 0. The SMILES string of the molecule is COC(=O)Cc1csc(N(C)Cc2ccoc2C)n1. The zero-order valence-electron chi connectivity index (χ0n) is 11.2. The molecule has 0 fully saturated rings. The molecule has 0 aliphatic rings. The van der Waals surface area contributed by atoms with Crippen LogP contribution in [-0.2, 0) is 22.5 Å². The van der Waals surface area contributed by atoms with Crippen molar-refractivity contribution in [3.63, 3.8) is 0 Å². The lowest BCUT2D eigenvalue weighted by molar-refractivity contribution is -0.139. The number of nitrogens with zero attached hydrogens (tertiary/aromatic N) is 2. The van der Waals surface area contributed by atoms with Crippen molar-refractivity contribution in [2.75, 3.05) is 19.1 Å². The number of ether oxygens (including phenoxy) is 1. The van der Waals surface area contributed by atoms with E-state index in [4.69, 9.17) is 4.42 Å². The number of esters is 1. The highest BCUT2D eigenvalue weighted by molar-refractivity contribution is 7.13. The zero-order valence-corrected chi connectivity index (χ0v) is 12.0. The third-order valence-electron chi connectivity index (χ3n) is 2.79. The van der Waals surface area contributed by atoms with Gasteiger partial charge in [0.1, 0.15) is 5.76 Å². The van der Waals surface area contributed by atoms with Gasteiger partial charge in [0.2, 0.25) is 0 Å². The van der Waals surface area contributed by atoms with Gasteiger partial charge in [0.25, 0.3) is 0 Å². The summed E-state index contributed by atoms with van der Waals surface area (Å²) in [4.78, 5) is 17.6. The first-order chi connectivity index (χ1) is 9.10. The van der Waals surface area contributed by atoms with Gasteiger partial charge in [-0.15, -0.1) is 11.3 Å². The predicted octanol–water partition coefficient (Wildman–Crippen LogP) is 2.40. The first kappa shape index (κ1) is 13.6. The van der Waals surface area contributed by atoms with E-state index in [1.165, 1.54) is 18.4 Å². The maximum Gasteiger partial charge on any atom is 0.311 e. The minimum Gasteiger partial charge on any atom is -0.469 e. The Kier molecular flexibility index (Phi) is 4.21. The summed E-state index contributed by atoms with van der Waals surface area (Å²) in [5, 5.41) is 2.75. The monoisotopic (exact) mass is 280 g/mol. The number of furan rings is 1. The molecule has 5 nitrogen and oxygen atoms in total. The van der Waals surface area contributed by atoms with E-state index in [9.17, 15) is 4.79 Å². The van der Waals surface area contributed by atoms with Crippen molar-refractivity contribution >= 4 is 22.4 Å². The normalized spacial score (nSPS) is 10.5. The van der Waals surface area contributed by atoms with E-state index in [0.717, 1.165) is 28.7 Å². The fraction of sp³-hybridized carbons (Fsp3) is 0.385. The molecule has 0 spiro atoms. The molecule has 0 aliphatic heterocycles. The van der Waals surface area contributed by atoms with Gasteiger partial charge in [0.05, 0.1) is 25.5 Å². The molecule has 0 aromatic carbocycles. The quantitative estimate of drug-likeness (QED) is 0.787. The third kappa shape index (κ3) is 3.35. The van der Waals surface area contributed by atoms with Crippen LogP contribution in [0.15, 0.2) is 22.1 Å². The summed E-state index contributed by atoms with van der Waals surface area (Å²) in [5.74, 6) is 0.642. The van der Waals surface area contributed by atoms with Crippen LogP contribution in [0.1, 0.15) is 17.0 Å². The van der Waals surface area contributed by atoms with Crippen LogP contribution in [0.4, 0.5) is 5.13 Å². The minimum absolute atomic E-state index is 0.214. The van der Waals surface area contributed by atoms with Crippen LogP contribution in [0, 0.1) is 6.92 Å². The summed E-state index contributed by atoms with van der Waals surface area (Å²) in [6.07, 6.45) is 1.90. The van der Waals surface area contributed by atoms with Gasteiger partial charge >= 0.3 is 5.97 Å². The molecule has 0 radical (unpaired) electrons. The second-order valence-corrected chi connectivity index (χ2v) is 5.07. The van der Waals surface area contributed by atoms with Crippen molar-refractivity contribution in [3.05, 3.63) is 34.7 Å². The van der Waals surface area contributed by atoms with Crippen LogP contribution in [0.2, 0.25) is 0 Å². The summed E-state index contributed by atoms with van der Waals surface area (Å²) in [7, 11) is 3.34. The minimum atomic E-state index is -0.273.